The van der Waals surface area contributed by atoms with Gasteiger partial charge in [0.2, 0.25) is 0 Å². The van der Waals surface area contributed by atoms with Gasteiger partial charge < -0.3 is 20.1 Å². The minimum absolute atomic E-state index is 0.00449. The van der Waals surface area contributed by atoms with Gasteiger partial charge in [-0.25, -0.2) is 18.4 Å². The van der Waals surface area contributed by atoms with Crippen LogP contribution in [0.5, 0.6) is 0 Å². The molecule has 2 aliphatic heterocycles. The van der Waals surface area contributed by atoms with Crippen molar-refractivity contribution in [1.29, 1.82) is 0 Å². The Morgan fingerprint density at radius 3 is 2.31 bits per heavy atom. The monoisotopic (exact) mass is 655 g/mol. The average molecular weight is 656 g/mol. The van der Waals surface area contributed by atoms with E-state index < -0.39 is 75.7 Å². The molecule has 2 aromatic carbocycles. The number of alkyl halides is 3. The zero-order valence-corrected chi connectivity index (χ0v) is 26.4. The summed E-state index contributed by atoms with van der Waals surface area (Å²) < 4.78 is 86.0. The van der Waals surface area contributed by atoms with E-state index in [0.29, 0.717) is 6.07 Å². The van der Waals surface area contributed by atoms with E-state index in [4.69, 9.17) is 15.2 Å². The van der Waals surface area contributed by atoms with Crippen molar-refractivity contribution in [2.24, 2.45) is 0 Å². The third-order valence-corrected chi connectivity index (χ3v) is 9.01. The lowest BCUT2D eigenvalue weighted by Gasteiger charge is -2.45. The van der Waals surface area contributed by atoms with Crippen LogP contribution in [0.4, 0.5) is 38.3 Å². The third-order valence-electron chi connectivity index (χ3n) is 7.77. The van der Waals surface area contributed by atoms with Crippen LogP contribution in [0.15, 0.2) is 27.9 Å². The highest BCUT2D eigenvalue weighted by atomic mass is 32.2. The Morgan fingerprint density at radius 1 is 1.09 bits per heavy atom. The number of hydrogen-bond donors (Lipinski definition) is 1. The molecular formula is C30H34F5N5O4S. The van der Waals surface area contributed by atoms with Crippen LogP contribution in [0, 0.1) is 11.6 Å². The van der Waals surface area contributed by atoms with Gasteiger partial charge in [-0.1, -0.05) is 0 Å². The fourth-order valence-electron chi connectivity index (χ4n) is 6.07. The number of halogens is 5. The van der Waals surface area contributed by atoms with Crippen molar-refractivity contribution in [2.75, 3.05) is 43.2 Å². The summed E-state index contributed by atoms with van der Waals surface area (Å²) in [6.07, 6.45) is -5.51. The number of aromatic nitrogens is 2. The van der Waals surface area contributed by atoms with Gasteiger partial charge in [0, 0.05) is 53.4 Å². The molecule has 1 fully saturated rings. The summed E-state index contributed by atoms with van der Waals surface area (Å²) >= 11 is 1.02. The molecule has 0 radical (unpaired) electrons. The van der Waals surface area contributed by atoms with E-state index in [0.717, 1.165) is 23.9 Å². The van der Waals surface area contributed by atoms with Crippen molar-refractivity contribution in [3.8, 4) is 11.1 Å². The van der Waals surface area contributed by atoms with Crippen molar-refractivity contribution >= 4 is 40.3 Å². The van der Waals surface area contributed by atoms with E-state index in [1.54, 1.807) is 44.4 Å². The van der Waals surface area contributed by atoms with Crippen LogP contribution >= 0.6 is 11.8 Å². The summed E-state index contributed by atoms with van der Waals surface area (Å²) in [5.74, 6) is -2.20. The maximum Gasteiger partial charge on any atom is 0.417 e. The highest BCUT2D eigenvalue weighted by molar-refractivity contribution is 7.99. The van der Waals surface area contributed by atoms with Gasteiger partial charge in [0.25, 0.3) is 0 Å². The lowest BCUT2D eigenvalue weighted by atomic mass is 9.95. The topological polar surface area (TPSA) is 103 Å². The highest BCUT2D eigenvalue weighted by Crippen LogP contribution is 2.50. The maximum atomic E-state index is 15.2. The fourth-order valence-corrected chi connectivity index (χ4v) is 7.38. The lowest BCUT2D eigenvalue weighted by molar-refractivity contribution is -0.137. The minimum atomic E-state index is -4.98. The quantitative estimate of drug-likeness (QED) is 0.267. The number of thioether (sulfide) groups is 1. The molecule has 3 aromatic rings. The van der Waals surface area contributed by atoms with E-state index >= 15 is 4.39 Å². The Bertz CT molecular complexity index is 1710. The van der Waals surface area contributed by atoms with Crippen LogP contribution in [0.3, 0.4) is 0 Å². The number of nitrogen functional groups attached to an aromatic ring is 1. The number of rotatable bonds is 4. The molecular weight excluding hydrogens is 621 g/mol. The second-order valence-electron chi connectivity index (χ2n) is 12.4. The first kappa shape index (κ1) is 32.8. The van der Waals surface area contributed by atoms with Crippen molar-refractivity contribution in [3.63, 3.8) is 0 Å². The number of methoxy groups -OCH3 is 1. The van der Waals surface area contributed by atoms with Gasteiger partial charge >= 0.3 is 18.0 Å². The molecule has 2 N–H and O–H groups in total. The summed E-state index contributed by atoms with van der Waals surface area (Å²) in [5.41, 5.74) is 1.56. The smallest absolute Gasteiger partial charge is 0.417 e. The highest BCUT2D eigenvalue weighted by Gasteiger charge is 2.41. The number of hydrogen-bond acceptors (Lipinski definition) is 8. The van der Waals surface area contributed by atoms with Gasteiger partial charge in [-0.15, -0.1) is 11.8 Å². The summed E-state index contributed by atoms with van der Waals surface area (Å²) in [5, 5.41) is 0.0228. The van der Waals surface area contributed by atoms with E-state index in [9.17, 15) is 27.2 Å². The van der Waals surface area contributed by atoms with E-state index in [1.807, 2.05) is 0 Å². The Balaban J connectivity index is 1.77. The summed E-state index contributed by atoms with van der Waals surface area (Å²) in [4.78, 5) is 34.2. The SMILES string of the molecule is COC[C@H]1CSc2c(-c3cc(N)c(F)cc3F)c(C(F)(F)F)cc3c(N4C[C@@H](C)N(C(=O)OC(C)(C)C)[C@@H](C)C4)nc(=O)n1c23. The molecule has 45 heavy (non-hydrogen) atoms. The molecule has 15 heteroatoms. The molecule has 244 valence electrons. The lowest BCUT2D eigenvalue weighted by Crippen LogP contribution is -2.60. The van der Waals surface area contributed by atoms with Gasteiger partial charge in [-0.3, -0.25) is 9.47 Å². The van der Waals surface area contributed by atoms with Crippen molar-refractivity contribution in [1.82, 2.24) is 14.5 Å². The van der Waals surface area contributed by atoms with Crippen LogP contribution in [0.2, 0.25) is 0 Å². The van der Waals surface area contributed by atoms with E-state index in [2.05, 4.69) is 4.98 Å². The number of piperazine rings is 1. The second-order valence-corrected chi connectivity index (χ2v) is 13.4. The Hall–Kier alpha value is -3.59. The molecule has 0 bridgehead atoms. The number of carbonyl (C=O) groups excluding carboxylic acids is 1. The molecule has 0 spiro atoms. The van der Waals surface area contributed by atoms with Crippen molar-refractivity contribution < 1.29 is 36.2 Å². The van der Waals surface area contributed by atoms with Crippen molar-refractivity contribution in [2.45, 2.75) is 69.4 Å². The Kier molecular flexibility index (Phi) is 8.49. The molecule has 0 unspecified atom stereocenters. The van der Waals surface area contributed by atoms with Crippen LogP contribution in [0.1, 0.15) is 46.2 Å². The summed E-state index contributed by atoms with van der Waals surface area (Å²) in [7, 11) is 1.44. The summed E-state index contributed by atoms with van der Waals surface area (Å²) in [6, 6.07) is 0.645. The number of nitrogens with two attached hydrogens (primary N) is 1. The average Bonchev–Trinajstić information content (AvgIpc) is 2.91. The Morgan fingerprint density at radius 2 is 1.73 bits per heavy atom. The number of carbonyl (C=O) groups is 1. The zero-order chi connectivity index (χ0) is 33.2. The van der Waals surface area contributed by atoms with E-state index in [-0.39, 0.29) is 47.1 Å². The number of amides is 1. The number of anilines is 2. The van der Waals surface area contributed by atoms with Crippen LogP contribution in [0.25, 0.3) is 22.0 Å². The zero-order valence-electron chi connectivity index (χ0n) is 25.6. The molecule has 1 saturated heterocycles. The van der Waals surface area contributed by atoms with Gasteiger partial charge in [0.15, 0.2) is 0 Å². The van der Waals surface area contributed by atoms with Gasteiger partial charge in [-0.05, 0) is 46.8 Å². The molecule has 1 amide bonds. The maximum absolute atomic E-state index is 15.2. The minimum Gasteiger partial charge on any atom is -0.444 e. The molecule has 9 nitrogen and oxygen atoms in total. The summed E-state index contributed by atoms with van der Waals surface area (Å²) in [6.45, 7) is 9.14. The van der Waals surface area contributed by atoms with Crippen LogP contribution < -0.4 is 16.3 Å². The Labute approximate surface area is 260 Å². The van der Waals surface area contributed by atoms with Crippen LogP contribution in [-0.2, 0) is 15.7 Å². The number of ether oxygens (including phenoxy) is 2. The fraction of sp³-hybridized carbons (Fsp3) is 0.500. The molecule has 3 heterocycles. The predicted octanol–water partition coefficient (Wildman–Crippen LogP) is 6.07. The van der Waals surface area contributed by atoms with Gasteiger partial charge in [0.1, 0.15) is 23.1 Å². The number of benzene rings is 2. The van der Waals surface area contributed by atoms with Gasteiger partial charge in [0.05, 0.1) is 41.5 Å². The molecule has 2 aliphatic rings. The van der Waals surface area contributed by atoms with Gasteiger partial charge in [-0.2, -0.15) is 18.2 Å². The first-order chi connectivity index (χ1) is 20.9. The standard InChI is InChI=1S/C30H34F5N5O4S/c1-14-10-38(11-15(2)39(14)28(42)44-29(3,4)5)26-18-7-19(30(33,34)35)23(17-8-22(36)21(32)9-20(17)31)25-24(18)40(27(41)37-26)16(12-43-6)13-45-25/h7-9,14-16H,10-13,36H2,1-6H3/t14-,15+,16-/m0/s1. The normalized spacial score (nSPS) is 20.6. The van der Waals surface area contributed by atoms with Crippen LogP contribution in [-0.4, -0.2) is 70.8 Å². The van der Waals surface area contributed by atoms with Crippen molar-refractivity contribution in [3.05, 3.63) is 45.9 Å². The molecule has 3 atom stereocenters. The molecule has 1 aromatic heterocycles. The van der Waals surface area contributed by atoms with E-state index in [1.165, 1.54) is 11.7 Å². The first-order valence-electron chi connectivity index (χ1n) is 14.3. The number of nitrogens with zero attached hydrogens (tertiary/aromatic N) is 4. The molecule has 0 aliphatic carbocycles. The first-order valence-corrected chi connectivity index (χ1v) is 15.2. The largest absolute Gasteiger partial charge is 0.444 e. The predicted molar refractivity (Wildman–Crippen MR) is 162 cm³/mol. The molecule has 0 saturated carbocycles. The second kappa shape index (κ2) is 11.6. The molecule has 5 rings (SSSR count). The third kappa shape index (κ3) is 6.03.